The lowest BCUT2D eigenvalue weighted by Crippen LogP contribution is -2.21. The van der Waals surface area contributed by atoms with Gasteiger partial charge in [-0.2, -0.15) is 9.78 Å². The number of nitrogens with one attached hydrogen (secondary N) is 1. The molecular weight excluding hydrogens is 427 g/mol. The molecule has 0 radical (unpaired) electrons. The van der Waals surface area contributed by atoms with E-state index in [4.69, 9.17) is 34.8 Å². The van der Waals surface area contributed by atoms with Crippen molar-refractivity contribution in [2.75, 3.05) is 11.9 Å². The Morgan fingerprint density at radius 3 is 2.67 bits per heavy atom. The van der Waals surface area contributed by atoms with Gasteiger partial charge in [-0.3, -0.25) is 4.79 Å². The summed E-state index contributed by atoms with van der Waals surface area (Å²) in [5.41, 5.74) is 1.96. The molecule has 0 saturated carbocycles. The van der Waals surface area contributed by atoms with E-state index in [-0.39, 0.29) is 10.0 Å². The third-order valence-electron chi connectivity index (χ3n) is 4.00. The number of hydrogen-bond acceptors (Lipinski definition) is 5. The molecule has 0 aliphatic carbocycles. The monoisotopic (exact) mass is 442 g/mol. The first-order valence-corrected chi connectivity index (χ1v) is 10.3. The Labute approximate surface area is 175 Å². The molecule has 142 valence electrons. The third-order valence-corrected chi connectivity index (χ3v) is 6.13. The zero-order valence-corrected chi connectivity index (χ0v) is 17.8. The molecule has 27 heavy (non-hydrogen) atoms. The SMILES string of the molecule is CCc1nc(CCNc2ccc(-n3ncc(Cl)c(Cl)c3=O)cc2Cl)sc1C. The second kappa shape index (κ2) is 8.61. The smallest absolute Gasteiger partial charge is 0.291 e. The maximum absolute atomic E-state index is 12.2. The molecule has 0 spiro atoms. The van der Waals surface area contributed by atoms with Crippen molar-refractivity contribution in [3.05, 3.63) is 65.4 Å². The Hall–Kier alpha value is -1.60. The Bertz CT molecular complexity index is 1030. The number of benzene rings is 1. The Morgan fingerprint density at radius 2 is 2.00 bits per heavy atom. The van der Waals surface area contributed by atoms with Gasteiger partial charge in [-0.15, -0.1) is 11.3 Å². The van der Waals surface area contributed by atoms with Crippen molar-refractivity contribution in [3.63, 3.8) is 0 Å². The van der Waals surface area contributed by atoms with Gasteiger partial charge in [0.2, 0.25) is 0 Å². The number of halogens is 3. The van der Waals surface area contributed by atoms with Gasteiger partial charge < -0.3 is 5.32 Å². The van der Waals surface area contributed by atoms with Gasteiger partial charge in [-0.25, -0.2) is 4.98 Å². The summed E-state index contributed by atoms with van der Waals surface area (Å²) in [7, 11) is 0. The van der Waals surface area contributed by atoms with Crippen LogP contribution in [0.4, 0.5) is 5.69 Å². The molecule has 0 atom stereocenters. The largest absolute Gasteiger partial charge is 0.383 e. The van der Waals surface area contributed by atoms with E-state index >= 15 is 0 Å². The Kier molecular flexibility index (Phi) is 6.42. The van der Waals surface area contributed by atoms with E-state index in [1.807, 2.05) is 0 Å². The summed E-state index contributed by atoms with van der Waals surface area (Å²) in [6.07, 6.45) is 3.09. The maximum Gasteiger partial charge on any atom is 0.291 e. The van der Waals surface area contributed by atoms with E-state index in [0.29, 0.717) is 17.3 Å². The zero-order chi connectivity index (χ0) is 19.6. The van der Waals surface area contributed by atoms with Crippen molar-refractivity contribution in [1.29, 1.82) is 0 Å². The predicted molar refractivity (Wildman–Crippen MR) is 113 cm³/mol. The van der Waals surface area contributed by atoms with E-state index in [1.54, 1.807) is 29.5 Å². The number of aryl methyl sites for hydroxylation is 2. The van der Waals surface area contributed by atoms with Crippen LogP contribution in [0.15, 0.2) is 29.2 Å². The maximum atomic E-state index is 12.2. The standard InChI is InChI=1S/C18H17Cl3N4OS/c1-3-14-10(2)27-16(24-14)6-7-22-15-5-4-11(8-12(15)19)25-18(26)17(21)13(20)9-23-25/h4-5,8-9,22H,3,6-7H2,1-2H3. The molecule has 0 aliphatic heterocycles. The highest BCUT2D eigenvalue weighted by Crippen LogP contribution is 2.25. The lowest BCUT2D eigenvalue weighted by molar-refractivity contribution is 0.807. The van der Waals surface area contributed by atoms with Crippen LogP contribution in [0.3, 0.4) is 0 Å². The average molecular weight is 444 g/mol. The summed E-state index contributed by atoms with van der Waals surface area (Å²) in [5, 5.41) is 8.94. The first kappa shape index (κ1) is 20.1. The summed E-state index contributed by atoms with van der Waals surface area (Å²) in [4.78, 5) is 18.1. The Balaban J connectivity index is 1.71. The van der Waals surface area contributed by atoms with Crippen LogP contribution in [-0.2, 0) is 12.8 Å². The number of thiazole rings is 1. The second-order valence-electron chi connectivity index (χ2n) is 5.83. The molecule has 0 aliphatic rings. The van der Waals surface area contributed by atoms with Crippen molar-refractivity contribution in [3.8, 4) is 5.69 Å². The molecule has 3 rings (SSSR count). The second-order valence-corrected chi connectivity index (χ2v) is 8.31. The van der Waals surface area contributed by atoms with Crippen molar-refractivity contribution in [2.24, 2.45) is 0 Å². The lowest BCUT2D eigenvalue weighted by atomic mass is 10.2. The van der Waals surface area contributed by atoms with Gasteiger partial charge in [-0.05, 0) is 31.5 Å². The normalized spacial score (nSPS) is 11.0. The number of aromatic nitrogens is 3. The van der Waals surface area contributed by atoms with Crippen molar-refractivity contribution < 1.29 is 0 Å². The van der Waals surface area contributed by atoms with E-state index in [0.717, 1.165) is 33.9 Å². The molecule has 1 aromatic carbocycles. The van der Waals surface area contributed by atoms with E-state index in [1.165, 1.54) is 11.1 Å². The van der Waals surface area contributed by atoms with Gasteiger partial charge in [0.25, 0.3) is 5.56 Å². The predicted octanol–water partition coefficient (Wildman–Crippen LogP) is 5.17. The number of anilines is 1. The topological polar surface area (TPSA) is 59.8 Å². The first-order valence-electron chi connectivity index (χ1n) is 8.33. The van der Waals surface area contributed by atoms with Crippen molar-refractivity contribution >= 4 is 51.8 Å². The van der Waals surface area contributed by atoms with Crippen LogP contribution < -0.4 is 10.9 Å². The highest BCUT2D eigenvalue weighted by Gasteiger charge is 2.11. The van der Waals surface area contributed by atoms with Crippen molar-refractivity contribution in [2.45, 2.75) is 26.7 Å². The molecule has 2 heterocycles. The fraction of sp³-hybridized carbons (Fsp3) is 0.278. The number of hydrogen-bond donors (Lipinski definition) is 1. The van der Waals surface area contributed by atoms with E-state index in [9.17, 15) is 4.79 Å². The van der Waals surface area contributed by atoms with Crippen LogP contribution in [0.5, 0.6) is 0 Å². The van der Waals surface area contributed by atoms with Gasteiger partial charge in [0.15, 0.2) is 0 Å². The molecule has 3 aromatic rings. The van der Waals surface area contributed by atoms with Crippen molar-refractivity contribution in [1.82, 2.24) is 14.8 Å². The quantitative estimate of drug-likeness (QED) is 0.570. The molecule has 0 amide bonds. The van der Waals surface area contributed by atoms with Gasteiger partial charge in [-0.1, -0.05) is 41.7 Å². The lowest BCUT2D eigenvalue weighted by Gasteiger charge is -2.10. The molecular formula is C18H17Cl3N4OS. The summed E-state index contributed by atoms with van der Waals surface area (Å²) in [6.45, 7) is 4.92. The van der Waals surface area contributed by atoms with E-state index < -0.39 is 5.56 Å². The van der Waals surface area contributed by atoms with Crippen LogP contribution in [0.2, 0.25) is 15.1 Å². The fourth-order valence-corrected chi connectivity index (χ4v) is 4.12. The van der Waals surface area contributed by atoms with Crippen LogP contribution in [0.25, 0.3) is 5.69 Å². The summed E-state index contributed by atoms with van der Waals surface area (Å²) in [6, 6.07) is 5.21. The summed E-state index contributed by atoms with van der Waals surface area (Å²) in [5.74, 6) is 0. The molecule has 9 heteroatoms. The van der Waals surface area contributed by atoms with Gasteiger partial charge in [0.1, 0.15) is 5.02 Å². The Morgan fingerprint density at radius 1 is 1.22 bits per heavy atom. The summed E-state index contributed by atoms with van der Waals surface area (Å²) >= 11 is 19.8. The molecule has 2 aromatic heterocycles. The fourth-order valence-electron chi connectivity index (χ4n) is 2.60. The minimum atomic E-state index is -0.494. The number of nitrogens with zero attached hydrogens (tertiary/aromatic N) is 3. The van der Waals surface area contributed by atoms with Gasteiger partial charge in [0, 0.05) is 17.8 Å². The minimum absolute atomic E-state index is 0.0739. The summed E-state index contributed by atoms with van der Waals surface area (Å²) < 4.78 is 1.16. The molecule has 0 fully saturated rings. The van der Waals surface area contributed by atoms with Gasteiger partial charge in [0.05, 0.1) is 38.3 Å². The molecule has 5 nitrogen and oxygen atoms in total. The zero-order valence-electron chi connectivity index (χ0n) is 14.7. The average Bonchev–Trinajstić information content (AvgIpc) is 3.01. The molecule has 1 N–H and O–H groups in total. The van der Waals surface area contributed by atoms with E-state index in [2.05, 4.69) is 29.2 Å². The van der Waals surface area contributed by atoms with Crippen LogP contribution in [-0.4, -0.2) is 21.3 Å². The third kappa shape index (κ3) is 4.46. The van der Waals surface area contributed by atoms with Crippen LogP contribution >= 0.6 is 46.1 Å². The minimum Gasteiger partial charge on any atom is -0.383 e. The van der Waals surface area contributed by atoms with Gasteiger partial charge >= 0.3 is 0 Å². The first-order chi connectivity index (χ1) is 12.9. The highest BCUT2D eigenvalue weighted by molar-refractivity contribution is 7.11. The highest BCUT2D eigenvalue weighted by atomic mass is 35.5. The van der Waals surface area contributed by atoms with Crippen LogP contribution in [0, 0.1) is 6.92 Å². The molecule has 0 unspecified atom stereocenters. The molecule has 0 bridgehead atoms. The number of rotatable bonds is 6. The molecule has 0 saturated heterocycles. The van der Waals surface area contributed by atoms with Crippen LogP contribution in [0.1, 0.15) is 22.5 Å².